The van der Waals surface area contributed by atoms with E-state index in [4.69, 9.17) is 4.74 Å². The normalized spacial score (nSPS) is 17.6. The van der Waals surface area contributed by atoms with E-state index in [9.17, 15) is 19.2 Å². The van der Waals surface area contributed by atoms with Gasteiger partial charge in [-0.1, -0.05) is 12.1 Å². The lowest BCUT2D eigenvalue weighted by atomic mass is 9.95. The van der Waals surface area contributed by atoms with Gasteiger partial charge in [0.15, 0.2) is 6.10 Å². The van der Waals surface area contributed by atoms with Crippen molar-refractivity contribution in [3.63, 3.8) is 0 Å². The molecule has 0 spiro atoms. The number of fused-ring (bicyclic) bond motifs is 2. The summed E-state index contributed by atoms with van der Waals surface area (Å²) in [4.78, 5) is 52.4. The number of thioether (sulfide) groups is 1. The van der Waals surface area contributed by atoms with Gasteiger partial charge in [0.05, 0.1) is 28.4 Å². The minimum absolute atomic E-state index is 0.143. The number of nitrogens with zero attached hydrogens (tertiary/aromatic N) is 1. The maximum absolute atomic E-state index is 13.3. The Kier molecular flexibility index (Phi) is 5.22. The number of carbonyl (C=O) groups excluding carboxylic acids is 4. The van der Waals surface area contributed by atoms with E-state index >= 15 is 0 Å². The Morgan fingerprint density at radius 2 is 1.84 bits per heavy atom. The van der Waals surface area contributed by atoms with E-state index in [-0.39, 0.29) is 17.4 Å². The number of para-hydroxylation sites is 2. The molecule has 8 nitrogen and oxygen atoms in total. The van der Waals surface area contributed by atoms with E-state index in [1.807, 2.05) is 0 Å². The number of rotatable bonds is 3. The van der Waals surface area contributed by atoms with Crippen LogP contribution in [0.3, 0.4) is 0 Å². The van der Waals surface area contributed by atoms with Crippen LogP contribution in [0.1, 0.15) is 31.1 Å². The predicted octanol–water partition coefficient (Wildman–Crippen LogP) is 3.04. The van der Waals surface area contributed by atoms with Gasteiger partial charge in [0.2, 0.25) is 11.8 Å². The molecule has 2 aromatic carbocycles. The second kappa shape index (κ2) is 7.73. The molecule has 0 radical (unpaired) electrons. The molecule has 2 aliphatic heterocycles. The van der Waals surface area contributed by atoms with Crippen LogP contribution >= 0.6 is 11.8 Å². The van der Waals surface area contributed by atoms with Crippen molar-refractivity contribution in [3.05, 3.63) is 48.0 Å². The van der Waals surface area contributed by atoms with Crippen LogP contribution in [0.5, 0.6) is 0 Å². The Hall–Kier alpha value is -3.33. The third kappa shape index (κ3) is 3.76. The summed E-state index contributed by atoms with van der Waals surface area (Å²) in [6, 6.07) is 11.8. The highest BCUT2D eigenvalue weighted by atomic mass is 32.2. The zero-order chi connectivity index (χ0) is 22.3. The third-order valence-corrected chi connectivity index (χ3v) is 6.28. The van der Waals surface area contributed by atoms with Crippen LogP contribution in [-0.4, -0.2) is 41.1 Å². The number of hydrogen-bond donors (Lipinski definition) is 2. The smallest absolute Gasteiger partial charge is 0.338 e. The van der Waals surface area contributed by atoms with Gasteiger partial charge in [-0.25, -0.2) is 4.79 Å². The minimum Gasteiger partial charge on any atom is -0.449 e. The Morgan fingerprint density at radius 3 is 2.61 bits per heavy atom. The monoisotopic (exact) mass is 439 g/mol. The van der Waals surface area contributed by atoms with E-state index in [1.54, 1.807) is 50.2 Å². The van der Waals surface area contributed by atoms with Gasteiger partial charge in [0, 0.05) is 4.90 Å². The van der Waals surface area contributed by atoms with Gasteiger partial charge in [-0.2, -0.15) is 0 Å². The Bertz CT molecular complexity index is 1110. The average molecular weight is 439 g/mol. The number of ether oxygens (including phenoxy) is 1. The van der Waals surface area contributed by atoms with Gasteiger partial charge >= 0.3 is 5.97 Å². The fraction of sp³-hybridized carbons (Fsp3) is 0.273. The molecule has 0 saturated heterocycles. The third-order valence-electron chi connectivity index (χ3n) is 5.21. The van der Waals surface area contributed by atoms with Crippen LogP contribution in [0.4, 0.5) is 17.1 Å². The molecule has 0 fully saturated rings. The van der Waals surface area contributed by atoms with Crippen LogP contribution in [-0.2, 0) is 19.1 Å². The highest BCUT2D eigenvalue weighted by Crippen LogP contribution is 2.37. The van der Waals surface area contributed by atoms with Crippen molar-refractivity contribution in [1.82, 2.24) is 0 Å². The van der Waals surface area contributed by atoms with Crippen molar-refractivity contribution in [2.75, 3.05) is 21.3 Å². The first-order valence-corrected chi connectivity index (χ1v) is 10.7. The molecule has 31 heavy (non-hydrogen) atoms. The Balaban J connectivity index is 1.56. The molecular weight excluding hydrogens is 418 g/mol. The van der Waals surface area contributed by atoms with Gasteiger partial charge in [-0.3, -0.25) is 19.3 Å². The van der Waals surface area contributed by atoms with Crippen molar-refractivity contribution in [3.8, 4) is 0 Å². The first-order valence-electron chi connectivity index (χ1n) is 9.70. The van der Waals surface area contributed by atoms with E-state index < -0.39 is 23.5 Å². The summed E-state index contributed by atoms with van der Waals surface area (Å²) in [6.07, 6.45) is -1.13. The van der Waals surface area contributed by atoms with E-state index in [0.717, 1.165) is 4.90 Å². The van der Waals surface area contributed by atoms with Crippen LogP contribution in [0.15, 0.2) is 47.4 Å². The molecule has 3 amide bonds. The van der Waals surface area contributed by atoms with Gasteiger partial charge in [-0.05, 0) is 51.1 Å². The van der Waals surface area contributed by atoms with Crippen molar-refractivity contribution in [1.29, 1.82) is 0 Å². The van der Waals surface area contributed by atoms with Crippen LogP contribution in [0, 0.1) is 0 Å². The lowest BCUT2D eigenvalue weighted by Crippen LogP contribution is -2.60. The molecule has 2 aromatic rings. The quantitative estimate of drug-likeness (QED) is 0.713. The number of carbonyl (C=O) groups is 4. The summed E-state index contributed by atoms with van der Waals surface area (Å²) >= 11 is 1.39. The molecule has 0 aliphatic carbocycles. The van der Waals surface area contributed by atoms with Crippen molar-refractivity contribution < 1.29 is 23.9 Å². The number of hydrogen-bond acceptors (Lipinski definition) is 6. The van der Waals surface area contributed by atoms with E-state index in [0.29, 0.717) is 22.8 Å². The van der Waals surface area contributed by atoms with Crippen LogP contribution < -0.4 is 15.5 Å². The second-order valence-corrected chi connectivity index (χ2v) is 8.82. The lowest BCUT2D eigenvalue weighted by Gasteiger charge is -2.42. The zero-order valence-corrected chi connectivity index (χ0v) is 18.0. The number of anilines is 3. The largest absolute Gasteiger partial charge is 0.449 e. The van der Waals surface area contributed by atoms with Gasteiger partial charge in [0.25, 0.3) is 5.91 Å². The molecule has 0 saturated carbocycles. The van der Waals surface area contributed by atoms with Crippen molar-refractivity contribution in [2.45, 2.75) is 37.3 Å². The molecule has 1 atom stereocenters. The average Bonchev–Trinajstić information content (AvgIpc) is 2.73. The second-order valence-electron chi connectivity index (χ2n) is 7.80. The minimum atomic E-state index is -1.17. The van der Waals surface area contributed by atoms with E-state index in [2.05, 4.69) is 10.6 Å². The fourth-order valence-electron chi connectivity index (χ4n) is 3.52. The van der Waals surface area contributed by atoms with Gasteiger partial charge in [0.1, 0.15) is 5.54 Å². The van der Waals surface area contributed by atoms with Crippen LogP contribution in [0.2, 0.25) is 0 Å². The molecule has 4 rings (SSSR count). The summed E-state index contributed by atoms with van der Waals surface area (Å²) in [5.41, 5.74) is 0.643. The standard InChI is InChI=1S/C22H21N3O5S/c1-12(30-20(28)13-8-9-17-15(10-13)23-18(26)11-31-17)19(27)25-16-7-5-4-6-14(16)24-21(29)22(25,2)3/h4-10,12H,11H2,1-3H3,(H,23,26)(H,24,29). The summed E-state index contributed by atoms with van der Waals surface area (Å²) in [6.45, 7) is 4.74. The highest BCUT2D eigenvalue weighted by Gasteiger charge is 2.45. The summed E-state index contributed by atoms with van der Waals surface area (Å²) in [5.74, 6) is -1.36. The molecule has 9 heteroatoms. The van der Waals surface area contributed by atoms with Gasteiger partial charge < -0.3 is 15.4 Å². The lowest BCUT2D eigenvalue weighted by molar-refractivity contribution is -0.131. The molecule has 2 heterocycles. The van der Waals surface area contributed by atoms with Gasteiger partial charge in [-0.15, -0.1) is 11.8 Å². The molecule has 160 valence electrons. The summed E-state index contributed by atoms with van der Waals surface area (Å²) in [7, 11) is 0. The number of esters is 1. The number of nitrogens with one attached hydrogen (secondary N) is 2. The molecule has 0 aromatic heterocycles. The van der Waals surface area contributed by atoms with Crippen molar-refractivity contribution >= 4 is 52.5 Å². The first kappa shape index (κ1) is 20.9. The molecular formula is C22H21N3O5S. The predicted molar refractivity (Wildman–Crippen MR) is 117 cm³/mol. The Morgan fingerprint density at radius 1 is 1.10 bits per heavy atom. The zero-order valence-electron chi connectivity index (χ0n) is 17.2. The first-order chi connectivity index (χ1) is 14.7. The Labute approximate surface area is 183 Å². The van der Waals surface area contributed by atoms with Crippen molar-refractivity contribution in [2.24, 2.45) is 0 Å². The maximum Gasteiger partial charge on any atom is 0.338 e. The SMILES string of the molecule is CC(OC(=O)c1ccc2c(c1)NC(=O)CS2)C(=O)N1c2ccccc2NC(=O)C1(C)C. The van der Waals surface area contributed by atoms with Crippen LogP contribution in [0.25, 0.3) is 0 Å². The molecule has 0 bridgehead atoms. The molecule has 2 aliphatic rings. The number of amides is 3. The topological polar surface area (TPSA) is 105 Å². The molecule has 2 N–H and O–H groups in total. The molecule has 1 unspecified atom stereocenters. The van der Waals surface area contributed by atoms with E-state index in [1.165, 1.54) is 29.7 Å². The summed E-state index contributed by atoms with van der Waals surface area (Å²) in [5, 5.41) is 5.52. The number of benzene rings is 2. The maximum atomic E-state index is 13.3. The highest BCUT2D eigenvalue weighted by molar-refractivity contribution is 8.00. The fourth-order valence-corrected chi connectivity index (χ4v) is 4.31. The summed E-state index contributed by atoms with van der Waals surface area (Å²) < 4.78 is 5.43.